The van der Waals surface area contributed by atoms with E-state index in [1.807, 2.05) is 31.1 Å². The van der Waals surface area contributed by atoms with Crippen LogP contribution in [-0.4, -0.2) is 25.7 Å². The first-order valence-corrected chi connectivity index (χ1v) is 4.62. The summed E-state index contributed by atoms with van der Waals surface area (Å²) in [4.78, 5) is 2.94. The number of thiophene rings is 1. The number of aliphatic hydroxyl groups excluding tert-OH is 1. The van der Waals surface area contributed by atoms with Gasteiger partial charge in [0.05, 0.1) is 5.00 Å². The largest absolute Gasteiger partial charge is 0.386 e. The van der Waals surface area contributed by atoms with E-state index in [4.69, 9.17) is 5.73 Å². The molecule has 0 radical (unpaired) electrons. The Hall–Kier alpha value is -0.580. The Morgan fingerprint density at radius 1 is 1.58 bits per heavy atom. The average Bonchev–Trinajstić information content (AvgIpc) is 2.51. The minimum Gasteiger partial charge on any atom is -0.386 e. The minimum absolute atomic E-state index is 0.285. The molecule has 0 fully saturated rings. The highest BCUT2D eigenvalue weighted by atomic mass is 32.1. The van der Waals surface area contributed by atoms with E-state index in [9.17, 15) is 5.11 Å². The number of nitrogens with zero attached hydrogens (tertiary/aromatic N) is 1. The Morgan fingerprint density at radius 3 is 2.67 bits per heavy atom. The highest BCUT2D eigenvalue weighted by Gasteiger charge is 2.08. The van der Waals surface area contributed by atoms with Crippen molar-refractivity contribution in [2.75, 3.05) is 25.5 Å². The van der Waals surface area contributed by atoms with Crippen LogP contribution >= 0.6 is 11.3 Å². The number of hydrogen-bond acceptors (Lipinski definition) is 4. The van der Waals surface area contributed by atoms with E-state index in [2.05, 4.69) is 0 Å². The fraction of sp³-hybridized carbons (Fsp3) is 0.500. The second-order valence-corrected chi connectivity index (χ2v) is 3.92. The van der Waals surface area contributed by atoms with Gasteiger partial charge in [0.2, 0.25) is 0 Å². The Labute approximate surface area is 76.4 Å². The summed E-state index contributed by atoms with van der Waals surface area (Å²) in [5, 5.41) is 10.5. The molecule has 0 saturated carbocycles. The Balaban J connectivity index is 2.77. The molecule has 0 spiro atoms. The van der Waals surface area contributed by atoms with Gasteiger partial charge >= 0.3 is 0 Å². The van der Waals surface area contributed by atoms with Crippen LogP contribution in [0.25, 0.3) is 0 Å². The predicted molar refractivity (Wildman–Crippen MR) is 52.7 cm³/mol. The second kappa shape index (κ2) is 3.89. The molecule has 0 amide bonds. The lowest BCUT2D eigenvalue weighted by Gasteiger charge is -2.08. The SMILES string of the molecule is CN(C)c1ccc(C(O)CN)s1. The van der Waals surface area contributed by atoms with Gasteiger partial charge in [-0.05, 0) is 12.1 Å². The van der Waals surface area contributed by atoms with Crippen molar-refractivity contribution in [3.63, 3.8) is 0 Å². The van der Waals surface area contributed by atoms with Crippen molar-refractivity contribution in [3.8, 4) is 0 Å². The third-order valence-corrected chi connectivity index (χ3v) is 2.96. The van der Waals surface area contributed by atoms with E-state index in [1.165, 1.54) is 0 Å². The lowest BCUT2D eigenvalue weighted by Crippen LogP contribution is -2.10. The zero-order valence-electron chi connectivity index (χ0n) is 7.32. The normalized spacial score (nSPS) is 13.0. The number of aliphatic hydroxyl groups is 1. The van der Waals surface area contributed by atoms with Gasteiger partial charge in [0.1, 0.15) is 6.10 Å². The van der Waals surface area contributed by atoms with Gasteiger partial charge in [0.15, 0.2) is 0 Å². The van der Waals surface area contributed by atoms with Gasteiger partial charge in [-0.1, -0.05) is 0 Å². The zero-order chi connectivity index (χ0) is 9.14. The summed E-state index contributed by atoms with van der Waals surface area (Å²) >= 11 is 1.57. The quantitative estimate of drug-likeness (QED) is 0.734. The van der Waals surface area contributed by atoms with Crippen LogP contribution < -0.4 is 10.6 Å². The Bertz CT molecular complexity index is 247. The fourth-order valence-corrected chi connectivity index (χ4v) is 1.81. The molecule has 0 aliphatic heterocycles. The maximum Gasteiger partial charge on any atom is 0.100 e. The summed E-state index contributed by atoms with van der Waals surface area (Å²) in [6.07, 6.45) is -0.510. The van der Waals surface area contributed by atoms with Crippen molar-refractivity contribution in [1.82, 2.24) is 0 Å². The molecule has 12 heavy (non-hydrogen) atoms. The number of hydrogen-bond donors (Lipinski definition) is 2. The van der Waals surface area contributed by atoms with Crippen molar-refractivity contribution in [2.45, 2.75) is 6.10 Å². The van der Waals surface area contributed by atoms with Crippen LogP contribution in [0.2, 0.25) is 0 Å². The molecular weight excluding hydrogens is 172 g/mol. The third kappa shape index (κ3) is 1.97. The standard InChI is InChI=1S/C8H14N2OS/c1-10(2)8-4-3-7(12-8)6(11)5-9/h3-4,6,11H,5,9H2,1-2H3. The molecule has 0 aliphatic rings. The Kier molecular flexibility index (Phi) is 3.08. The van der Waals surface area contributed by atoms with Crippen molar-refractivity contribution in [1.29, 1.82) is 0 Å². The molecule has 3 nitrogen and oxygen atoms in total. The summed E-state index contributed by atoms with van der Waals surface area (Å²) in [5.74, 6) is 0. The van der Waals surface area contributed by atoms with Crippen LogP contribution in [0, 0.1) is 0 Å². The minimum atomic E-state index is -0.510. The van der Waals surface area contributed by atoms with E-state index in [0.717, 1.165) is 9.88 Å². The highest BCUT2D eigenvalue weighted by Crippen LogP contribution is 2.28. The van der Waals surface area contributed by atoms with Gasteiger partial charge in [-0.25, -0.2) is 0 Å². The van der Waals surface area contributed by atoms with Gasteiger partial charge in [-0.15, -0.1) is 11.3 Å². The molecule has 1 aromatic rings. The molecule has 0 aromatic carbocycles. The highest BCUT2D eigenvalue weighted by molar-refractivity contribution is 7.16. The molecule has 1 unspecified atom stereocenters. The predicted octanol–water partition coefficient (Wildman–Crippen LogP) is 0.806. The maximum absolute atomic E-state index is 9.39. The van der Waals surface area contributed by atoms with Gasteiger partial charge in [-0.3, -0.25) is 0 Å². The van der Waals surface area contributed by atoms with Crippen LogP contribution in [-0.2, 0) is 0 Å². The first-order chi connectivity index (χ1) is 5.65. The fourth-order valence-electron chi connectivity index (χ4n) is 0.878. The molecule has 0 bridgehead atoms. The van der Waals surface area contributed by atoms with Crippen molar-refractivity contribution in [2.24, 2.45) is 5.73 Å². The lowest BCUT2D eigenvalue weighted by atomic mass is 10.3. The van der Waals surface area contributed by atoms with Crippen LogP contribution in [0.5, 0.6) is 0 Å². The van der Waals surface area contributed by atoms with Gasteiger partial charge in [-0.2, -0.15) is 0 Å². The van der Waals surface area contributed by atoms with Gasteiger partial charge in [0.25, 0.3) is 0 Å². The maximum atomic E-state index is 9.39. The summed E-state index contributed by atoms with van der Waals surface area (Å²) in [5.41, 5.74) is 5.33. The second-order valence-electron chi connectivity index (χ2n) is 2.82. The van der Waals surface area contributed by atoms with Gasteiger partial charge in [0, 0.05) is 25.5 Å². The molecule has 0 aliphatic carbocycles. The zero-order valence-corrected chi connectivity index (χ0v) is 8.14. The van der Waals surface area contributed by atoms with E-state index >= 15 is 0 Å². The van der Waals surface area contributed by atoms with Gasteiger partial charge < -0.3 is 15.7 Å². The topological polar surface area (TPSA) is 49.5 Å². The van der Waals surface area contributed by atoms with Crippen molar-refractivity contribution < 1.29 is 5.11 Å². The van der Waals surface area contributed by atoms with Crippen molar-refractivity contribution >= 4 is 16.3 Å². The Morgan fingerprint density at radius 2 is 2.25 bits per heavy atom. The molecule has 1 atom stereocenters. The third-order valence-electron chi connectivity index (χ3n) is 1.61. The molecule has 0 saturated heterocycles. The molecule has 1 rings (SSSR count). The first kappa shape index (κ1) is 9.51. The molecule has 3 N–H and O–H groups in total. The van der Waals surface area contributed by atoms with E-state index in [0.29, 0.717) is 0 Å². The first-order valence-electron chi connectivity index (χ1n) is 3.80. The summed E-state index contributed by atoms with van der Waals surface area (Å²) in [7, 11) is 3.95. The smallest absolute Gasteiger partial charge is 0.100 e. The number of rotatable bonds is 3. The number of anilines is 1. The van der Waals surface area contributed by atoms with Crippen LogP contribution in [0.1, 0.15) is 11.0 Å². The van der Waals surface area contributed by atoms with E-state index in [-0.39, 0.29) is 6.54 Å². The summed E-state index contributed by atoms with van der Waals surface area (Å²) < 4.78 is 0. The molecule has 4 heteroatoms. The van der Waals surface area contributed by atoms with Crippen molar-refractivity contribution in [3.05, 3.63) is 17.0 Å². The average molecular weight is 186 g/mol. The van der Waals surface area contributed by atoms with E-state index < -0.39 is 6.10 Å². The van der Waals surface area contributed by atoms with Crippen LogP contribution in [0.15, 0.2) is 12.1 Å². The molecular formula is C8H14N2OS. The molecule has 68 valence electrons. The summed E-state index contributed by atoms with van der Waals surface area (Å²) in [6, 6.07) is 3.90. The molecule has 1 aromatic heterocycles. The van der Waals surface area contributed by atoms with Crippen LogP contribution in [0.3, 0.4) is 0 Å². The number of nitrogens with two attached hydrogens (primary N) is 1. The summed E-state index contributed by atoms with van der Waals surface area (Å²) in [6.45, 7) is 0.285. The van der Waals surface area contributed by atoms with E-state index in [1.54, 1.807) is 11.3 Å². The lowest BCUT2D eigenvalue weighted by molar-refractivity contribution is 0.190. The monoisotopic (exact) mass is 186 g/mol. The molecule has 1 heterocycles. The van der Waals surface area contributed by atoms with Crippen LogP contribution in [0.4, 0.5) is 5.00 Å².